The fourth-order valence-corrected chi connectivity index (χ4v) is 4.61. The molecule has 0 bridgehead atoms. The molecular weight excluding hydrogens is 364 g/mol. The molecule has 0 aliphatic carbocycles. The van der Waals surface area contributed by atoms with Crippen molar-refractivity contribution in [1.82, 2.24) is 30.5 Å². The maximum Gasteiger partial charge on any atom is 0.273 e. The highest BCUT2D eigenvalue weighted by atomic mass is 16.2. The number of hydrogen-bond donors (Lipinski definition) is 2. The number of aromatic nitrogens is 3. The molecule has 7 nitrogen and oxygen atoms in total. The van der Waals surface area contributed by atoms with E-state index in [-0.39, 0.29) is 11.9 Å². The van der Waals surface area contributed by atoms with Gasteiger partial charge in [0.05, 0.1) is 11.7 Å². The zero-order chi connectivity index (χ0) is 20.2. The molecule has 2 saturated heterocycles. The van der Waals surface area contributed by atoms with Crippen molar-refractivity contribution in [2.24, 2.45) is 0 Å². The summed E-state index contributed by atoms with van der Waals surface area (Å²) in [5.41, 5.74) is 2.69. The van der Waals surface area contributed by atoms with Crippen LogP contribution in [0.3, 0.4) is 0 Å². The quantitative estimate of drug-likeness (QED) is 0.811. The third kappa shape index (κ3) is 4.67. The number of benzene rings is 1. The molecule has 29 heavy (non-hydrogen) atoms. The van der Waals surface area contributed by atoms with E-state index in [1.807, 2.05) is 11.6 Å². The lowest BCUT2D eigenvalue weighted by molar-refractivity contribution is 0.0861. The van der Waals surface area contributed by atoms with Crippen LogP contribution in [0.15, 0.2) is 30.3 Å². The first-order chi connectivity index (χ1) is 14.1. The number of carbonyl (C=O) groups is 1. The number of nitrogens with one attached hydrogen (secondary N) is 2. The van der Waals surface area contributed by atoms with Gasteiger partial charge in [0.15, 0.2) is 5.69 Å². The van der Waals surface area contributed by atoms with E-state index in [9.17, 15) is 4.79 Å². The average molecular weight is 397 g/mol. The topological polar surface area (TPSA) is 75.1 Å². The Bertz CT molecular complexity index is 814. The molecule has 156 valence electrons. The van der Waals surface area contributed by atoms with Gasteiger partial charge in [0, 0.05) is 25.2 Å². The minimum Gasteiger partial charge on any atom is -0.348 e. The molecule has 0 radical (unpaired) electrons. The Morgan fingerprint density at radius 2 is 1.97 bits per heavy atom. The first-order valence-corrected chi connectivity index (χ1v) is 10.8. The van der Waals surface area contributed by atoms with Crippen LogP contribution in [0.5, 0.6) is 0 Å². The Morgan fingerprint density at radius 3 is 2.69 bits per heavy atom. The van der Waals surface area contributed by atoms with Crippen LogP contribution in [-0.2, 0) is 6.54 Å². The lowest BCUT2D eigenvalue weighted by Gasteiger charge is -2.38. The second-order valence-electron chi connectivity index (χ2n) is 8.45. The number of likely N-dealkylation sites (tertiary alicyclic amines) is 1. The molecule has 1 amide bonds. The van der Waals surface area contributed by atoms with Gasteiger partial charge in [-0.15, -0.1) is 5.10 Å². The van der Waals surface area contributed by atoms with Crippen LogP contribution in [0.2, 0.25) is 0 Å². The Hall–Kier alpha value is -2.25. The predicted octanol–water partition coefficient (Wildman–Crippen LogP) is 2.29. The summed E-state index contributed by atoms with van der Waals surface area (Å²) in [6.45, 7) is 8.14. The number of piperidine rings is 2. The highest BCUT2D eigenvalue weighted by molar-refractivity contribution is 5.93. The van der Waals surface area contributed by atoms with Gasteiger partial charge in [-0.2, -0.15) is 0 Å². The number of amides is 1. The molecule has 4 rings (SSSR count). The van der Waals surface area contributed by atoms with Crippen molar-refractivity contribution in [3.05, 3.63) is 47.3 Å². The van der Waals surface area contributed by atoms with E-state index in [1.165, 1.54) is 5.56 Å². The van der Waals surface area contributed by atoms with Gasteiger partial charge in [-0.3, -0.25) is 9.69 Å². The second kappa shape index (κ2) is 9.05. The van der Waals surface area contributed by atoms with Crippen LogP contribution in [0.25, 0.3) is 0 Å². The van der Waals surface area contributed by atoms with Crippen molar-refractivity contribution < 1.29 is 4.79 Å². The maximum atomic E-state index is 12.9. The minimum absolute atomic E-state index is 0.0867. The van der Waals surface area contributed by atoms with Crippen molar-refractivity contribution in [2.75, 3.05) is 19.6 Å². The Morgan fingerprint density at radius 1 is 1.21 bits per heavy atom. The summed E-state index contributed by atoms with van der Waals surface area (Å²) in [5, 5.41) is 15.1. The second-order valence-corrected chi connectivity index (χ2v) is 8.45. The van der Waals surface area contributed by atoms with Crippen LogP contribution in [-0.4, -0.2) is 57.5 Å². The van der Waals surface area contributed by atoms with E-state index in [2.05, 4.69) is 63.1 Å². The lowest BCUT2D eigenvalue weighted by atomic mass is 9.97. The number of hydrogen-bond acceptors (Lipinski definition) is 5. The molecule has 0 spiro atoms. The third-order valence-corrected chi connectivity index (χ3v) is 6.37. The molecule has 2 aromatic rings. The predicted molar refractivity (Wildman–Crippen MR) is 113 cm³/mol. The van der Waals surface area contributed by atoms with Gasteiger partial charge < -0.3 is 10.6 Å². The van der Waals surface area contributed by atoms with Gasteiger partial charge >= 0.3 is 0 Å². The van der Waals surface area contributed by atoms with Crippen LogP contribution in [0, 0.1) is 6.92 Å². The minimum atomic E-state index is -0.0867. The fourth-order valence-electron chi connectivity index (χ4n) is 4.61. The molecule has 0 saturated carbocycles. The standard InChI is InChI=1S/C22H32N6O/c1-16-14-19(10-13-27(16)15-18-6-4-3-5-7-18)24-22(29)21-17(2)28(26-25-21)20-8-11-23-12-9-20/h3-7,16,19-20,23H,8-15H2,1-2H3,(H,24,29). The highest BCUT2D eigenvalue weighted by Gasteiger charge is 2.29. The lowest BCUT2D eigenvalue weighted by Crippen LogP contribution is -2.48. The summed E-state index contributed by atoms with van der Waals surface area (Å²) < 4.78 is 1.95. The Balaban J connectivity index is 1.33. The summed E-state index contributed by atoms with van der Waals surface area (Å²) in [5.74, 6) is -0.0867. The van der Waals surface area contributed by atoms with Crippen LogP contribution in [0.4, 0.5) is 0 Å². The SMILES string of the molecule is Cc1c(C(=O)NC2CCN(Cc3ccccc3)C(C)C2)nnn1C1CCNCC1. The van der Waals surface area contributed by atoms with E-state index < -0.39 is 0 Å². The summed E-state index contributed by atoms with van der Waals surface area (Å²) in [6.07, 6.45) is 3.98. The summed E-state index contributed by atoms with van der Waals surface area (Å²) in [4.78, 5) is 15.4. The molecule has 2 unspecified atom stereocenters. The average Bonchev–Trinajstić information content (AvgIpc) is 3.13. The van der Waals surface area contributed by atoms with Gasteiger partial charge in [-0.1, -0.05) is 35.5 Å². The van der Waals surface area contributed by atoms with Crippen molar-refractivity contribution in [3.63, 3.8) is 0 Å². The van der Waals surface area contributed by atoms with Gasteiger partial charge in [-0.25, -0.2) is 4.68 Å². The monoisotopic (exact) mass is 396 g/mol. The maximum absolute atomic E-state index is 12.9. The zero-order valence-corrected chi connectivity index (χ0v) is 17.5. The first-order valence-electron chi connectivity index (χ1n) is 10.8. The van der Waals surface area contributed by atoms with Crippen molar-refractivity contribution in [1.29, 1.82) is 0 Å². The molecule has 1 aromatic heterocycles. The van der Waals surface area contributed by atoms with E-state index in [0.29, 0.717) is 17.8 Å². The highest BCUT2D eigenvalue weighted by Crippen LogP contribution is 2.22. The number of nitrogens with zero attached hydrogens (tertiary/aromatic N) is 4. The summed E-state index contributed by atoms with van der Waals surface area (Å²) >= 11 is 0. The first kappa shape index (κ1) is 20.0. The normalized spacial score (nSPS) is 23.8. The van der Waals surface area contributed by atoms with Crippen molar-refractivity contribution in [2.45, 2.75) is 64.2 Å². The molecule has 2 N–H and O–H groups in total. The van der Waals surface area contributed by atoms with E-state index in [1.54, 1.807) is 0 Å². The van der Waals surface area contributed by atoms with E-state index >= 15 is 0 Å². The fraction of sp³-hybridized carbons (Fsp3) is 0.591. The van der Waals surface area contributed by atoms with E-state index in [4.69, 9.17) is 0 Å². The molecule has 7 heteroatoms. The Labute approximate surface area is 172 Å². The number of rotatable bonds is 5. The van der Waals surface area contributed by atoms with Crippen LogP contribution in [0.1, 0.15) is 60.4 Å². The summed E-state index contributed by atoms with van der Waals surface area (Å²) in [7, 11) is 0. The molecule has 2 aliphatic heterocycles. The zero-order valence-electron chi connectivity index (χ0n) is 17.5. The summed E-state index contributed by atoms with van der Waals surface area (Å²) in [6, 6.07) is 11.5. The Kier molecular flexibility index (Phi) is 6.25. The molecule has 2 aliphatic rings. The van der Waals surface area contributed by atoms with Gasteiger partial charge in [0.2, 0.25) is 0 Å². The molecule has 2 fully saturated rings. The number of carbonyl (C=O) groups excluding carboxylic acids is 1. The van der Waals surface area contributed by atoms with Crippen LogP contribution >= 0.6 is 0 Å². The molecule has 2 atom stereocenters. The smallest absolute Gasteiger partial charge is 0.273 e. The molecule has 3 heterocycles. The van der Waals surface area contributed by atoms with Gasteiger partial charge in [-0.05, 0) is 58.2 Å². The van der Waals surface area contributed by atoms with E-state index in [0.717, 1.165) is 57.6 Å². The van der Waals surface area contributed by atoms with Crippen molar-refractivity contribution in [3.8, 4) is 0 Å². The van der Waals surface area contributed by atoms with Gasteiger partial charge in [0.25, 0.3) is 5.91 Å². The molecular formula is C22H32N6O. The largest absolute Gasteiger partial charge is 0.348 e. The molecule has 1 aromatic carbocycles. The third-order valence-electron chi connectivity index (χ3n) is 6.37. The van der Waals surface area contributed by atoms with Crippen molar-refractivity contribution >= 4 is 5.91 Å². The van der Waals surface area contributed by atoms with Crippen LogP contribution < -0.4 is 10.6 Å². The van der Waals surface area contributed by atoms with Gasteiger partial charge in [0.1, 0.15) is 0 Å².